The van der Waals surface area contributed by atoms with Crippen LogP contribution in [0.25, 0.3) is 0 Å². The molecule has 1 atom stereocenters. The van der Waals surface area contributed by atoms with Crippen LogP contribution in [0.2, 0.25) is 0 Å². The number of carbonyl (C=O) groups excluding carboxylic acids is 1. The lowest BCUT2D eigenvalue weighted by Crippen LogP contribution is -2.41. The average molecular weight is 313 g/mol. The topological polar surface area (TPSA) is 55.1 Å². The lowest BCUT2D eigenvalue weighted by Gasteiger charge is -2.19. The van der Waals surface area contributed by atoms with Crippen molar-refractivity contribution >= 4 is 21.8 Å². The Hall–Kier alpha value is -0.870. The Balaban J connectivity index is 2.78. The Bertz CT molecular complexity index is 418. The zero-order chi connectivity index (χ0) is 13.7. The molecule has 1 aromatic carbocycles. The number of benzene rings is 1. The monoisotopic (exact) mass is 312 g/mol. The molecule has 0 spiro atoms. The van der Waals surface area contributed by atoms with Gasteiger partial charge < -0.3 is 11.1 Å². The second-order valence-corrected chi connectivity index (χ2v) is 5.80. The van der Waals surface area contributed by atoms with Gasteiger partial charge >= 0.3 is 0 Å². The summed E-state index contributed by atoms with van der Waals surface area (Å²) in [6.45, 7) is 6.65. The first-order valence-corrected chi connectivity index (χ1v) is 7.01. The number of halogens is 1. The molecular formula is C14H21BrN2O. The van der Waals surface area contributed by atoms with E-state index in [1.54, 1.807) is 0 Å². The Morgan fingerprint density at radius 2 is 2.11 bits per heavy atom. The molecule has 0 aromatic heterocycles. The van der Waals surface area contributed by atoms with E-state index in [0.29, 0.717) is 18.0 Å². The van der Waals surface area contributed by atoms with Crippen LogP contribution in [0.5, 0.6) is 0 Å². The van der Waals surface area contributed by atoms with E-state index < -0.39 is 0 Å². The van der Waals surface area contributed by atoms with Gasteiger partial charge in [-0.25, -0.2) is 0 Å². The second-order valence-electron chi connectivity index (χ2n) is 4.95. The summed E-state index contributed by atoms with van der Waals surface area (Å²) in [6.07, 6.45) is 0.898. The van der Waals surface area contributed by atoms with Crippen LogP contribution in [0.3, 0.4) is 0 Å². The molecule has 3 nitrogen and oxygen atoms in total. The van der Waals surface area contributed by atoms with E-state index in [1.807, 2.05) is 25.1 Å². The van der Waals surface area contributed by atoms with E-state index in [4.69, 9.17) is 5.73 Å². The van der Waals surface area contributed by atoms with Crippen LogP contribution in [0.15, 0.2) is 22.7 Å². The SMILES string of the molecule is Cc1c(Br)cccc1C(=O)NC(CN)CC(C)C. The van der Waals surface area contributed by atoms with Crippen molar-refractivity contribution in [3.63, 3.8) is 0 Å². The Labute approximate surface area is 117 Å². The first kappa shape index (κ1) is 15.2. The molecule has 3 N–H and O–H groups in total. The van der Waals surface area contributed by atoms with Gasteiger partial charge in [0.05, 0.1) is 0 Å². The number of amides is 1. The molecule has 0 aliphatic carbocycles. The molecule has 4 heteroatoms. The van der Waals surface area contributed by atoms with Gasteiger partial charge in [0.2, 0.25) is 0 Å². The van der Waals surface area contributed by atoms with Gasteiger partial charge in [-0.15, -0.1) is 0 Å². The molecule has 0 heterocycles. The normalized spacial score (nSPS) is 12.6. The highest BCUT2D eigenvalue weighted by atomic mass is 79.9. The fourth-order valence-electron chi connectivity index (χ4n) is 1.90. The largest absolute Gasteiger partial charge is 0.348 e. The predicted molar refractivity (Wildman–Crippen MR) is 78.6 cm³/mol. The van der Waals surface area contributed by atoms with Crippen LogP contribution < -0.4 is 11.1 Å². The lowest BCUT2D eigenvalue weighted by molar-refractivity contribution is 0.0933. The quantitative estimate of drug-likeness (QED) is 0.878. The summed E-state index contributed by atoms with van der Waals surface area (Å²) in [6, 6.07) is 5.67. The van der Waals surface area contributed by atoms with Crippen molar-refractivity contribution in [1.82, 2.24) is 5.32 Å². The molecule has 0 saturated heterocycles. The van der Waals surface area contributed by atoms with Crippen LogP contribution in [0.4, 0.5) is 0 Å². The van der Waals surface area contributed by atoms with Crippen LogP contribution in [-0.4, -0.2) is 18.5 Å². The van der Waals surface area contributed by atoms with Gasteiger partial charge in [0, 0.05) is 22.6 Å². The molecule has 100 valence electrons. The van der Waals surface area contributed by atoms with Crippen molar-refractivity contribution in [1.29, 1.82) is 0 Å². The molecule has 18 heavy (non-hydrogen) atoms. The zero-order valence-electron chi connectivity index (χ0n) is 11.2. The van der Waals surface area contributed by atoms with Gasteiger partial charge in [0.1, 0.15) is 0 Å². The highest BCUT2D eigenvalue weighted by molar-refractivity contribution is 9.10. The van der Waals surface area contributed by atoms with Crippen molar-refractivity contribution < 1.29 is 4.79 Å². The molecule has 0 aliphatic rings. The molecule has 0 radical (unpaired) electrons. The van der Waals surface area contributed by atoms with Gasteiger partial charge in [0.25, 0.3) is 5.91 Å². The molecule has 0 bridgehead atoms. The number of nitrogens with one attached hydrogen (secondary N) is 1. The molecule has 0 aliphatic heterocycles. The summed E-state index contributed by atoms with van der Waals surface area (Å²) in [5, 5.41) is 3.00. The number of rotatable bonds is 5. The maximum Gasteiger partial charge on any atom is 0.251 e. The number of hydrogen-bond acceptors (Lipinski definition) is 2. The van der Waals surface area contributed by atoms with E-state index in [2.05, 4.69) is 35.1 Å². The number of nitrogens with two attached hydrogens (primary N) is 1. The smallest absolute Gasteiger partial charge is 0.251 e. The van der Waals surface area contributed by atoms with E-state index in [9.17, 15) is 4.79 Å². The maximum atomic E-state index is 12.2. The molecule has 0 saturated carbocycles. The van der Waals surface area contributed by atoms with Gasteiger partial charge in [0.15, 0.2) is 0 Å². The van der Waals surface area contributed by atoms with Crippen molar-refractivity contribution in [2.24, 2.45) is 11.7 Å². The zero-order valence-corrected chi connectivity index (χ0v) is 12.8. The predicted octanol–water partition coefficient (Wildman–Crippen LogP) is 2.86. The number of carbonyl (C=O) groups is 1. The minimum Gasteiger partial charge on any atom is -0.348 e. The second kappa shape index (κ2) is 6.90. The molecule has 1 rings (SSSR count). The molecule has 0 fully saturated rings. The van der Waals surface area contributed by atoms with Crippen molar-refractivity contribution in [3.05, 3.63) is 33.8 Å². The minimum absolute atomic E-state index is 0.0379. The fraction of sp³-hybridized carbons (Fsp3) is 0.500. The van der Waals surface area contributed by atoms with Crippen LogP contribution >= 0.6 is 15.9 Å². The third-order valence-electron chi connectivity index (χ3n) is 2.89. The standard InChI is InChI=1S/C14H21BrN2O/c1-9(2)7-11(8-16)17-14(18)12-5-4-6-13(15)10(12)3/h4-6,9,11H,7-8,16H2,1-3H3,(H,17,18). The van der Waals surface area contributed by atoms with E-state index in [1.165, 1.54) is 0 Å². The Kier molecular flexibility index (Phi) is 5.82. The first-order valence-electron chi connectivity index (χ1n) is 6.21. The summed E-state index contributed by atoms with van der Waals surface area (Å²) in [5.41, 5.74) is 7.35. The van der Waals surface area contributed by atoms with Crippen LogP contribution in [0, 0.1) is 12.8 Å². The molecule has 1 unspecified atom stereocenters. The Morgan fingerprint density at radius 3 is 2.67 bits per heavy atom. The fourth-order valence-corrected chi connectivity index (χ4v) is 2.27. The minimum atomic E-state index is -0.0510. The van der Waals surface area contributed by atoms with Gasteiger partial charge in [-0.1, -0.05) is 35.8 Å². The molecule has 1 aromatic rings. The van der Waals surface area contributed by atoms with E-state index in [-0.39, 0.29) is 11.9 Å². The van der Waals surface area contributed by atoms with Crippen LogP contribution in [-0.2, 0) is 0 Å². The number of hydrogen-bond donors (Lipinski definition) is 2. The van der Waals surface area contributed by atoms with Gasteiger partial charge in [-0.05, 0) is 37.0 Å². The van der Waals surface area contributed by atoms with E-state index in [0.717, 1.165) is 16.5 Å². The van der Waals surface area contributed by atoms with Crippen molar-refractivity contribution in [2.75, 3.05) is 6.54 Å². The molecular weight excluding hydrogens is 292 g/mol. The highest BCUT2D eigenvalue weighted by Gasteiger charge is 2.15. The van der Waals surface area contributed by atoms with Gasteiger partial charge in [-0.3, -0.25) is 4.79 Å². The maximum absolute atomic E-state index is 12.2. The third kappa shape index (κ3) is 4.10. The van der Waals surface area contributed by atoms with E-state index >= 15 is 0 Å². The third-order valence-corrected chi connectivity index (χ3v) is 3.75. The van der Waals surface area contributed by atoms with Crippen molar-refractivity contribution in [3.8, 4) is 0 Å². The summed E-state index contributed by atoms with van der Waals surface area (Å²) in [5.74, 6) is 0.465. The average Bonchev–Trinajstić information content (AvgIpc) is 2.31. The van der Waals surface area contributed by atoms with Crippen LogP contribution in [0.1, 0.15) is 36.2 Å². The Morgan fingerprint density at radius 1 is 1.44 bits per heavy atom. The summed E-state index contributed by atoms with van der Waals surface area (Å²) < 4.78 is 0.948. The highest BCUT2D eigenvalue weighted by Crippen LogP contribution is 2.19. The summed E-state index contributed by atoms with van der Waals surface area (Å²) in [4.78, 5) is 12.2. The van der Waals surface area contributed by atoms with Gasteiger partial charge in [-0.2, -0.15) is 0 Å². The molecule has 1 amide bonds. The summed E-state index contributed by atoms with van der Waals surface area (Å²) >= 11 is 3.43. The van der Waals surface area contributed by atoms with Crippen molar-refractivity contribution in [2.45, 2.75) is 33.2 Å². The lowest BCUT2D eigenvalue weighted by atomic mass is 10.0. The summed E-state index contributed by atoms with van der Waals surface area (Å²) in [7, 11) is 0. The first-order chi connectivity index (χ1) is 8.45.